The lowest BCUT2D eigenvalue weighted by molar-refractivity contribution is 0.145. The van der Waals surface area contributed by atoms with Crippen LogP contribution in [0.1, 0.15) is 43.5 Å². The molecular formula is C25H30Cl2N6O. The molecule has 2 fully saturated rings. The minimum absolute atomic E-state index is 0.0445. The number of halogens is 2. The number of benzene rings is 1. The van der Waals surface area contributed by atoms with Gasteiger partial charge >= 0.3 is 0 Å². The molecule has 4 N–H and O–H groups in total. The van der Waals surface area contributed by atoms with Crippen LogP contribution in [-0.4, -0.2) is 52.8 Å². The van der Waals surface area contributed by atoms with Gasteiger partial charge in [0, 0.05) is 30.9 Å². The normalized spacial score (nSPS) is 25.4. The van der Waals surface area contributed by atoms with Gasteiger partial charge in [0.05, 0.1) is 21.4 Å². The van der Waals surface area contributed by atoms with Gasteiger partial charge in [-0.1, -0.05) is 35.3 Å². The number of aliphatic hydroxyl groups is 1. The van der Waals surface area contributed by atoms with Gasteiger partial charge < -0.3 is 16.2 Å². The highest BCUT2D eigenvalue weighted by Crippen LogP contribution is 2.54. The third kappa shape index (κ3) is 3.33. The molecule has 1 spiro atoms. The first-order valence-electron chi connectivity index (χ1n) is 12.0. The van der Waals surface area contributed by atoms with E-state index in [-0.39, 0.29) is 11.5 Å². The standard InChI is InChI=1S/C25H30Cl2N6O/c1-14-20(15-4-3-5-17(26)19(15)27)31-22(25(34)6-7-25)23(30-14)33-18-12-24(8-10-29-11-9-24)21(28)16(18)13-32(33)2/h3-5,21,29,34H,6-13,28H2,1-2H3/t21-/m1/s1. The molecule has 34 heavy (non-hydrogen) atoms. The van der Waals surface area contributed by atoms with Crippen molar-refractivity contribution in [1.82, 2.24) is 20.3 Å². The van der Waals surface area contributed by atoms with Gasteiger partial charge in [0.25, 0.3) is 0 Å². The number of anilines is 1. The molecule has 1 aromatic carbocycles. The van der Waals surface area contributed by atoms with Gasteiger partial charge in [-0.05, 0) is 69.2 Å². The molecule has 4 aliphatic rings. The van der Waals surface area contributed by atoms with E-state index in [2.05, 4.69) is 22.4 Å². The summed E-state index contributed by atoms with van der Waals surface area (Å²) >= 11 is 12.8. The van der Waals surface area contributed by atoms with Crippen LogP contribution in [0.4, 0.5) is 5.82 Å². The van der Waals surface area contributed by atoms with Crippen LogP contribution in [0.15, 0.2) is 29.5 Å². The number of allylic oxidation sites excluding steroid dienone is 1. The molecule has 7 nitrogen and oxygen atoms in total. The fourth-order valence-electron chi connectivity index (χ4n) is 6.00. The number of nitrogens with two attached hydrogens (primary N) is 1. The first kappa shape index (κ1) is 22.7. The fraction of sp³-hybridized carbons (Fsp3) is 0.520. The van der Waals surface area contributed by atoms with Gasteiger partial charge in [-0.25, -0.2) is 15.0 Å². The van der Waals surface area contributed by atoms with Crippen molar-refractivity contribution in [3.63, 3.8) is 0 Å². The summed E-state index contributed by atoms with van der Waals surface area (Å²) in [6.45, 7) is 4.71. The van der Waals surface area contributed by atoms with Gasteiger partial charge in [0.1, 0.15) is 11.3 Å². The summed E-state index contributed by atoms with van der Waals surface area (Å²) in [6, 6.07) is 5.55. The predicted molar refractivity (Wildman–Crippen MR) is 135 cm³/mol. The SMILES string of the molecule is Cc1nc(N2C3=C(CN2C)[C@@H](N)C2(CCNCC2)C3)c(C2(O)CC2)nc1-c1cccc(Cl)c1Cl. The zero-order valence-corrected chi connectivity index (χ0v) is 21.0. The number of likely N-dealkylation sites (N-methyl/N-ethyl adjacent to an activating group) is 1. The third-order valence-corrected chi connectivity index (χ3v) is 8.96. The number of hydrazine groups is 1. The Labute approximate surface area is 209 Å². The van der Waals surface area contributed by atoms with Crippen LogP contribution in [-0.2, 0) is 5.60 Å². The number of aryl methyl sites for hydroxylation is 1. The van der Waals surface area contributed by atoms with Crippen molar-refractivity contribution in [2.75, 3.05) is 31.7 Å². The Hall–Kier alpha value is -1.74. The van der Waals surface area contributed by atoms with E-state index in [0.717, 1.165) is 50.2 Å². The summed E-state index contributed by atoms with van der Waals surface area (Å²) in [5.41, 5.74) is 11.2. The Kier molecular flexibility index (Phi) is 5.26. The van der Waals surface area contributed by atoms with Crippen LogP contribution in [0.3, 0.4) is 0 Å². The predicted octanol–water partition coefficient (Wildman–Crippen LogP) is 3.76. The fourth-order valence-corrected chi connectivity index (χ4v) is 6.39. The second-order valence-electron chi connectivity index (χ2n) is 10.3. The summed E-state index contributed by atoms with van der Waals surface area (Å²) in [6.07, 6.45) is 4.41. The summed E-state index contributed by atoms with van der Waals surface area (Å²) in [7, 11) is 2.06. The molecule has 0 radical (unpaired) electrons. The number of nitrogens with zero attached hydrogens (tertiary/aromatic N) is 4. The van der Waals surface area contributed by atoms with Crippen LogP contribution in [0, 0.1) is 12.3 Å². The molecule has 1 saturated heterocycles. The second-order valence-corrected chi connectivity index (χ2v) is 11.1. The molecule has 180 valence electrons. The average Bonchev–Trinajstić information content (AvgIpc) is 3.42. The van der Waals surface area contributed by atoms with E-state index in [1.54, 1.807) is 6.07 Å². The number of hydrogen-bond acceptors (Lipinski definition) is 7. The average molecular weight is 501 g/mol. The van der Waals surface area contributed by atoms with Gasteiger partial charge in [-0.15, -0.1) is 0 Å². The van der Waals surface area contributed by atoms with Crippen molar-refractivity contribution in [2.24, 2.45) is 11.1 Å². The quantitative estimate of drug-likeness (QED) is 0.590. The van der Waals surface area contributed by atoms with E-state index >= 15 is 0 Å². The van der Waals surface area contributed by atoms with E-state index in [1.165, 1.54) is 11.3 Å². The molecule has 1 atom stereocenters. The first-order valence-corrected chi connectivity index (χ1v) is 12.7. The van der Waals surface area contributed by atoms with Crippen LogP contribution in [0.2, 0.25) is 10.0 Å². The second kappa shape index (κ2) is 7.88. The number of aromatic nitrogens is 2. The molecule has 1 saturated carbocycles. The van der Waals surface area contributed by atoms with Crippen LogP contribution >= 0.6 is 23.2 Å². The number of piperidine rings is 1. The van der Waals surface area contributed by atoms with Crippen molar-refractivity contribution >= 4 is 29.0 Å². The Bertz CT molecular complexity index is 1200. The topological polar surface area (TPSA) is 90.5 Å². The third-order valence-electron chi connectivity index (χ3n) is 8.14. The molecule has 0 bridgehead atoms. The Morgan fingerprint density at radius 1 is 1.15 bits per heavy atom. The van der Waals surface area contributed by atoms with E-state index < -0.39 is 5.60 Å². The molecule has 1 aromatic heterocycles. The maximum atomic E-state index is 11.3. The minimum Gasteiger partial charge on any atom is -0.383 e. The minimum atomic E-state index is -0.979. The van der Waals surface area contributed by atoms with E-state index in [0.29, 0.717) is 40.1 Å². The summed E-state index contributed by atoms with van der Waals surface area (Å²) < 4.78 is 0. The van der Waals surface area contributed by atoms with Gasteiger partial charge in [-0.2, -0.15) is 0 Å². The van der Waals surface area contributed by atoms with E-state index in [1.807, 2.05) is 19.1 Å². The Balaban J connectivity index is 1.47. The molecule has 3 heterocycles. The number of rotatable bonds is 3. The molecule has 9 heteroatoms. The van der Waals surface area contributed by atoms with Gasteiger partial charge in [0.15, 0.2) is 5.82 Å². The lowest BCUT2D eigenvalue weighted by Crippen LogP contribution is -2.49. The highest BCUT2D eigenvalue weighted by molar-refractivity contribution is 6.43. The molecular weight excluding hydrogens is 471 g/mol. The van der Waals surface area contributed by atoms with Crippen LogP contribution < -0.4 is 16.1 Å². The summed E-state index contributed by atoms with van der Waals surface area (Å²) in [5, 5.41) is 20.0. The zero-order valence-electron chi connectivity index (χ0n) is 19.5. The lowest BCUT2D eigenvalue weighted by Gasteiger charge is -2.41. The lowest BCUT2D eigenvalue weighted by atomic mass is 9.73. The van der Waals surface area contributed by atoms with Crippen LogP contribution in [0.25, 0.3) is 11.3 Å². The van der Waals surface area contributed by atoms with Gasteiger partial charge in [-0.3, -0.25) is 5.01 Å². The molecule has 2 aromatic rings. The van der Waals surface area contributed by atoms with Crippen molar-refractivity contribution in [3.05, 3.63) is 50.9 Å². The summed E-state index contributed by atoms with van der Waals surface area (Å²) in [4.78, 5) is 10.1. The first-order chi connectivity index (χ1) is 16.2. The monoisotopic (exact) mass is 500 g/mol. The maximum Gasteiger partial charge on any atom is 0.172 e. The molecule has 6 rings (SSSR count). The van der Waals surface area contributed by atoms with Gasteiger partial charge in [0.2, 0.25) is 0 Å². The summed E-state index contributed by atoms with van der Waals surface area (Å²) in [5.74, 6) is 0.699. The highest BCUT2D eigenvalue weighted by atomic mass is 35.5. The molecule has 2 aliphatic heterocycles. The maximum absolute atomic E-state index is 11.3. The number of hydrogen-bond donors (Lipinski definition) is 3. The molecule has 2 aliphatic carbocycles. The van der Waals surface area contributed by atoms with Crippen LogP contribution in [0.5, 0.6) is 0 Å². The molecule has 0 unspecified atom stereocenters. The van der Waals surface area contributed by atoms with Crippen molar-refractivity contribution in [1.29, 1.82) is 0 Å². The van der Waals surface area contributed by atoms with E-state index in [9.17, 15) is 5.11 Å². The smallest absolute Gasteiger partial charge is 0.172 e. The van der Waals surface area contributed by atoms with Crippen molar-refractivity contribution < 1.29 is 5.11 Å². The largest absolute Gasteiger partial charge is 0.383 e. The zero-order chi connectivity index (χ0) is 23.8. The Morgan fingerprint density at radius 2 is 1.88 bits per heavy atom. The van der Waals surface area contributed by atoms with Crippen molar-refractivity contribution in [3.8, 4) is 11.3 Å². The van der Waals surface area contributed by atoms with E-state index in [4.69, 9.17) is 38.9 Å². The number of nitrogens with one attached hydrogen (secondary N) is 1. The highest BCUT2D eigenvalue weighted by Gasteiger charge is 2.53. The Morgan fingerprint density at radius 3 is 2.59 bits per heavy atom. The molecule has 0 amide bonds. The van der Waals surface area contributed by atoms with Crippen molar-refractivity contribution in [2.45, 2.75) is 50.7 Å².